The maximum absolute atomic E-state index is 12.0. The normalized spacial score (nSPS) is 11.3. The number of halogens is 3. The van der Waals surface area contributed by atoms with Gasteiger partial charge in [0.25, 0.3) is 0 Å². The van der Waals surface area contributed by atoms with Crippen molar-refractivity contribution in [3.05, 3.63) is 18.2 Å². The van der Waals surface area contributed by atoms with Crippen LogP contribution in [0.25, 0.3) is 0 Å². The Morgan fingerprint density at radius 2 is 1.70 bits per heavy atom. The van der Waals surface area contributed by atoms with E-state index >= 15 is 0 Å². The molecule has 1 heterocycles. The van der Waals surface area contributed by atoms with Crippen LogP contribution >= 0.6 is 0 Å². The summed E-state index contributed by atoms with van der Waals surface area (Å²) in [5, 5.41) is 22.6. The van der Waals surface area contributed by atoms with Crippen LogP contribution in [0, 0.1) is 0 Å². The van der Waals surface area contributed by atoms with Crippen molar-refractivity contribution in [3.8, 4) is 0 Å². The first-order valence-electron chi connectivity index (χ1n) is 7.89. The molecule has 30 heavy (non-hydrogen) atoms. The molecular weight excluding hydrogens is 421 g/mol. The topological polar surface area (TPSA) is 217 Å². The summed E-state index contributed by atoms with van der Waals surface area (Å²) in [6, 6.07) is -1.02. The number of nitrogens with one attached hydrogen (secondary N) is 4. The minimum atomic E-state index is -5.08. The van der Waals surface area contributed by atoms with Crippen molar-refractivity contribution < 1.29 is 47.4 Å². The van der Waals surface area contributed by atoms with Crippen LogP contribution in [0.4, 0.5) is 13.2 Å². The number of carbonyl (C=O) groups excluding carboxylic acids is 3. The maximum Gasteiger partial charge on any atom is 0.490 e. The zero-order valence-corrected chi connectivity index (χ0v) is 15.2. The number of nitrogens with zero attached hydrogens (tertiary/aromatic N) is 1. The Balaban J connectivity index is 0.00000103. The quantitative estimate of drug-likeness (QED) is 0.213. The van der Waals surface area contributed by atoms with Gasteiger partial charge in [0.15, 0.2) is 0 Å². The molecule has 0 saturated carbocycles. The zero-order valence-electron chi connectivity index (χ0n) is 15.2. The van der Waals surface area contributed by atoms with E-state index in [1.807, 2.05) is 0 Å². The maximum atomic E-state index is 12.0. The zero-order chi connectivity index (χ0) is 23.3. The van der Waals surface area contributed by atoms with E-state index in [2.05, 4.69) is 25.9 Å². The van der Waals surface area contributed by atoms with Gasteiger partial charge < -0.3 is 36.9 Å². The van der Waals surface area contributed by atoms with E-state index in [0.29, 0.717) is 5.69 Å². The summed E-state index contributed by atoms with van der Waals surface area (Å²) in [6.45, 7) is -1.18. The molecule has 8 N–H and O–H groups in total. The molecule has 0 bridgehead atoms. The van der Waals surface area contributed by atoms with E-state index < -0.39 is 48.4 Å². The van der Waals surface area contributed by atoms with Gasteiger partial charge in [-0.05, 0) is 0 Å². The highest BCUT2D eigenvalue weighted by atomic mass is 19.4. The van der Waals surface area contributed by atoms with E-state index in [1.54, 1.807) is 0 Å². The number of aromatic amines is 1. The van der Waals surface area contributed by atoms with E-state index in [1.165, 1.54) is 12.5 Å². The van der Waals surface area contributed by atoms with Crippen molar-refractivity contribution >= 4 is 29.7 Å². The van der Waals surface area contributed by atoms with Gasteiger partial charge in [0.2, 0.25) is 17.7 Å². The number of rotatable bonds is 9. The van der Waals surface area contributed by atoms with Crippen LogP contribution in [0.5, 0.6) is 0 Å². The number of carbonyl (C=O) groups is 5. The molecule has 16 heteroatoms. The summed E-state index contributed by atoms with van der Waals surface area (Å²) < 4.78 is 31.7. The van der Waals surface area contributed by atoms with Crippen LogP contribution in [-0.4, -0.2) is 81.7 Å². The molecule has 0 radical (unpaired) electrons. The van der Waals surface area contributed by atoms with Gasteiger partial charge in [-0.15, -0.1) is 0 Å². The van der Waals surface area contributed by atoms with E-state index in [-0.39, 0.29) is 19.5 Å². The van der Waals surface area contributed by atoms with Crippen LogP contribution in [0.2, 0.25) is 0 Å². The Morgan fingerprint density at radius 1 is 1.10 bits per heavy atom. The molecule has 0 aliphatic heterocycles. The Kier molecular flexibility index (Phi) is 11.1. The standard InChI is InChI=1S/C12H18N6O5.C2HF3O2/c13-2-9(19)15-4-10(20)18-8(1-7-3-14-6-17-7)12(23)16-5-11(21)22;3-2(4,5)1(6)7/h3,6,8H,1-2,4-5,13H2,(H,14,17)(H,15,19)(H,16,23)(H,18,20)(H,21,22);(H,6,7)/t8-;/m0./s1. The molecule has 0 aromatic carbocycles. The lowest BCUT2D eigenvalue weighted by Gasteiger charge is -2.17. The van der Waals surface area contributed by atoms with Gasteiger partial charge in [0, 0.05) is 18.3 Å². The Hall–Kier alpha value is -3.69. The van der Waals surface area contributed by atoms with Gasteiger partial charge in [-0.1, -0.05) is 0 Å². The number of amides is 3. The summed E-state index contributed by atoms with van der Waals surface area (Å²) in [6.07, 6.45) is -2.12. The third kappa shape index (κ3) is 11.9. The second-order valence-corrected chi connectivity index (χ2v) is 5.30. The predicted octanol–water partition coefficient (Wildman–Crippen LogP) is -2.65. The predicted molar refractivity (Wildman–Crippen MR) is 90.6 cm³/mol. The van der Waals surface area contributed by atoms with Crippen molar-refractivity contribution in [1.82, 2.24) is 25.9 Å². The van der Waals surface area contributed by atoms with Crippen LogP contribution in [0.3, 0.4) is 0 Å². The van der Waals surface area contributed by atoms with Gasteiger partial charge in [-0.25, -0.2) is 9.78 Å². The number of imidazole rings is 1. The third-order valence-corrected chi connectivity index (χ3v) is 2.92. The first-order valence-corrected chi connectivity index (χ1v) is 7.89. The van der Waals surface area contributed by atoms with Gasteiger partial charge in [-0.2, -0.15) is 13.2 Å². The number of aliphatic carboxylic acids is 2. The number of H-pyrrole nitrogens is 1. The summed E-state index contributed by atoms with van der Waals surface area (Å²) in [7, 11) is 0. The molecule has 1 atom stereocenters. The number of hydrogen-bond acceptors (Lipinski definition) is 7. The lowest BCUT2D eigenvalue weighted by atomic mass is 10.1. The third-order valence-electron chi connectivity index (χ3n) is 2.92. The van der Waals surface area contributed by atoms with E-state index in [9.17, 15) is 32.3 Å². The molecule has 0 fully saturated rings. The van der Waals surface area contributed by atoms with Gasteiger partial charge in [0.05, 0.1) is 19.4 Å². The molecule has 0 spiro atoms. The number of carboxylic acid groups (broad SMARTS) is 2. The summed E-state index contributed by atoms with van der Waals surface area (Å²) >= 11 is 0. The first-order chi connectivity index (χ1) is 13.9. The van der Waals surface area contributed by atoms with Crippen molar-refractivity contribution in [1.29, 1.82) is 0 Å². The smallest absolute Gasteiger partial charge is 0.480 e. The van der Waals surface area contributed by atoms with Crippen molar-refractivity contribution in [2.45, 2.75) is 18.6 Å². The van der Waals surface area contributed by atoms with Crippen LogP contribution < -0.4 is 21.7 Å². The molecule has 1 rings (SSSR count). The largest absolute Gasteiger partial charge is 0.490 e. The number of carboxylic acids is 2. The number of alkyl halides is 3. The highest BCUT2D eigenvalue weighted by molar-refractivity contribution is 5.91. The molecule has 0 saturated heterocycles. The SMILES string of the molecule is NCC(=O)NCC(=O)N[C@@H](Cc1cnc[nH]1)C(=O)NCC(=O)O.O=C(O)C(F)(F)F. The molecule has 3 amide bonds. The van der Waals surface area contributed by atoms with Crippen LogP contribution in [-0.2, 0) is 30.4 Å². The molecular formula is C14H19F3N6O7. The minimum absolute atomic E-state index is 0.0853. The van der Waals surface area contributed by atoms with E-state index in [0.717, 1.165) is 0 Å². The Labute approximate surface area is 166 Å². The van der Waals surface area contributed by atoms with Crippen LogP contribution in [0.15, 0.2) is 12.5 Å². The van der Waals surface area contributed by atoms with Gasteiger partial charge in [0.1, 0.15) is 12.6 Å². The minimum Gasteiger partial charge on any atom is -0.480 e. The molecule has 1 aromatic rings. The second kappa shape index (κ2) is 12.7. The summed E-state index contributed by atoms with van der Waals surface area (Å²) in [4.78, 5) is 60.7. The molecule has 1 aromatic heterocycles. The van der Waals surface area contributed by atoms with Crippen molar-refractivity contribution in [2.24, 2.45) is 5.73 Å². The average Bonchev–Trinajstić information content (AvgIpc) is 3.16. The molecule has 0 aliphatic carbocycles. The second-order valence-electron chi connectivity index (χ2n) is 5.30. The Morgan fingerprint density at radius 3 is 2.13 bits per heavy atom. The molecule has 0 aliphatic rings. The lowest BCUT2D eigenvalue weighted by Crippen LogP contribution is -2.51. The van der Waals surface area contributed by atoms with E-state index in [4.69, 9.17) is 20.7 Å². The summed E-state index contributed by atoms with van der Waals surface area (Å²) in [5.74, 6) is -5.75. The lowest BCUT2D eigenvalue weighted by molar-refractivity contribution is -0.192. The highest BCUT2D eigenvalue weighted by Crippen LogP contribution is 2.13. The Bertz CT molecular complexity index is 739. The highest BCUT2D eigenvalue weighted by Gasteiger charge is 2.38. The fraction of sp³-hybridized carbons (Fsp3) is 0.429. The molecule has 168 valence electrons. The van der Waals surface area contributed by atoms with Crippen molar-refractivity contribution in [2.75, 3.05) is 19.6 Å². The number of aromatic nitrogens is 2. The first kappa shape index (κ1) is 26.3. The monoisotopic (exact) mass is 440 g/mol. The fourth-order valence-electron chi connectivity index (χ4n) is 1.61. The van der Waals surface area contributed by atoms with Crippen molar-refractivity contribution in [3.63, 3.8) is 0 Å². The number of hydrogen-bond donors (Lipinski definition) is 7. The summed E-state index contributed by atoms with van der Waals surface area (Å²) in [5.41, 5.74) is 5.67. The fourth-order valence-corrected chi connectivity index (χ4v) is 1.61. The molecule has 13 nitrogen and oxygen atoms in total. The van der Waals surface area contributed by atoms with Gasteiger partial charge >= 0.3 is 18.1 Å². The number of nitrogens with two attached hydrogens (primary N) is 1. The van der Waals surface area contributed by atoms with Crippen LogP contribution in [0.1, 0.15) is 5.69 Å². The molecule has 0 unspecified atom stereocenters. The van der Waals surface area contributed by atoms with Gasteiger partial charge in [-0.3, -0.25) is 19.2 Å². The average molecular weight is 440 g/mol.